The smallest absolute Gasteiger partial charge is 0.225 e. The quantitative estimate of drug-likeness (QED) is 0.854. The largest absolute Gasteiger partial charge is 0.349 e. The summed E-state index contributed by atoms with van der Waals surface area (Å²) < 4.78 is 0. The Hall–Kier alpha value is -1.35. The van der Waals surface area contributed by atoms with Crippen LogP contribution in [0.5, 0.6) is 0 Å². The molecule has 1 aromatic rings. The van der Waals surface area contributed by atoms with Gasteiger partial charge >= 0.3 is 0 Å². The first-order valence-electron chi connectivity index (χ1n) is 7.31. The molecule has 0 saturated carbocycles. The molecule has 104 valence electrons. The van der Waals surface area contributed by atoms with Crippen molar-refractivity contribution in [3.8, 4) is 0 Å². The molecule has 0 spiro atoms. The predicted octanol–water partition coefficient (Wildman–Crippen LogP) is 2.64. The number of carbonyl (C=O) groups excluding carboxylic acids is 1. The molecule has 2 rings (SSSR count). The van der Waals surface area contributed by atoms with Gasteiger partial charge in [-0.05, 0) is 31.9 Å². The van der Waals surface area contributed by atoms with Crippen LogP contribution in [0.3, 0.4) is 0 Å². The van der Waals surface area contributed by atoms with E-state index in [1.165, 1.54) is 5.56 Å². The minimum Gasteiger partial charge on any atom is -0.349 e. The van der Waals surface area contributed by atoms with E-state index in [0.717, 1.165) is 25.8 Å². The normalized spacial score (nSPS) is 24.1. The predicted molar refractivity (Wildman–Crippen MR) is 77.8 cm³/mol. The highest BCUT2D eigenvalue weighted by Crippen LogP contribution is 2.21. The van der Waals surface area contributed by atoms with Crippen LogP contribution in [0.15, 0.2) is 30.3 Å². The Morgan fingerprint density at radius 3 is 2.74 bits per heavy atom. The van der Waals surface area contributed by atoms with Crippen LogP contribution in [0.25, 0.3) is 0 Å². The summed E-state index contributed by atoms with van der Waals surface area (Å²) in [7, 11) is 0. The lowest BCUT2D eigenvalue weighted by Gasteiger charge is -2.22. The fourth-order valence-electron chi connectivity index (χ4n) is 2.79. The molecule has 2 N–H and O–H groups in total. The van der Waals surface area contributed by atoms with Crippen LogP contribution in [0.4, 0.5) is 0 Å². The van der Waals surface area contributed by atoms with Crippen molar-refractivity contribution in [2.75, 3.05) is 6.54 Å². The summed E-state index contributed by atoms with van der Waals surface area (Å²) in [6.07, 6.45) is 3.00. The standard InChI is InChI=1S/C16H24N2O/c1-3-7-15(13-8-5-4-6-9-13)18-16(19)14-10-11-17-12(14)2/h4-6,8-9,12,14-15,17H,3,7,10-11H2,1-2H3,(H,18,19). The minimum absolute atomic E-state index is 0.114. The highest BCUT2D eigenvalue weighted by atomic mass is 16.2. The molecule has 1 aliphatic rings. The van der Waals surface area contributed by atoms with Crippen molar-refractivity contribution in [2.24, 2.45) is 5.92 Å². The topological polar surface area (TPSA) is 41.1 Å². The molecule has 1 saturated heterocycles. The Labute approximate surface area is 115 Å². The van der Waals surface area contributed by atoms with Crippen molar-refractivity contribution in [2.45, 2.75) is 45.2 Å². The summed E-state index contributed by atoms with van der Waals surface area (Å²) in [6, 6.07) is 10.7. The van der Waals surface area contributed by atoms with E-state index in [-0.39, 0.29) is 23.9 Å². The van der Waals surface area contributed by atoms with Crippen molar-refractivity contribution in [3.63, 3.8) is 0 Å². The fourth-order valence-corrected chi connectivity index (χ4v) is 2.79. The number of nitrogens with one attached hydrogen (secondary N) is 2. The molecule has 1 amide bonds. The van der Waals surface area contributed by atoms with Crippen molar-refractivity contribution >= 4 is 5.91 Å². The molecule has 1 aromatic carbocycles. The number of amides is 1. The van der Waals surface area contributed by atoms with Crippen molar-refractivity contribution in [3.05, 3.63) is 35.9 Å². The summed E-state index contributed by atoms with van der Waals surface area (Å²) >= 11 is 0. The Kier molecular flexibility index (Phi) is 4.97. The van der Waals surface area contributed by atoms with Gasteiger partial charge in [0.1, 0.15) is 0 Å². The Bertz CT molecular complexity index is 404. The van der Waals surface area contributed by atoms with Gasteiger partial charge in [-0.15, -0.1) is 0 Å². The molecule has 1 heterocycles. The van der Waals surface area contributed by atoms with Crippen molar-refractivity contribution in [1.82, 2.24) is 10.6 Å². The van der Waals surface area contributed by atoms with Crippen LogP contribution in [-0.4, -0.2) is 18.5 Å². The first-order valence-corrected chi connectivity index (χ1v) is 7.31. The first kappa shape index (κ1) is 14.1. The van der Waals surface area contributed by atoms with Crippen LogP contribution in [0.2, 0.25) is 0 Å². The van der Waals surface area contributed by atoms with E-state index in [2.05, 4.69) is 36.6 Å². The average molecular weight is 260 g/mol. The molecule has 3 heteroatoms. The van der Waals surface area contributed by atoms with Crippen LogP contribution in [0.1, 0.15) is 44.7 Å². The molecule has 0 radical (unpaired) electrons. The molecule has 3 atom stereocenters. The molecule has 0 aliphatic carbocycles. The van der Waals surface area contributed by atoms with E-state index in [1.54, 1.807) is 0 Å². The maximum Gasteiger partial charge on any atom is 0.225 e. The minimum atomic E-state index is 0.114. The van der Waals surface area contributed by atoms with Gasteiger partial charge in [-0.2, -0.15) is 0 Å². The molecule has 3 nitrogen and oxygen atoms in total. The zero-order valence-electron chi connectivity index (χ0n) is 11.9. The second-order valence-corrected chi connectivity index (χ2v) is 5.40. The van der Waals surface area contributed by atoms with Gasteiger partial charge in [0, 0.05) is 6.04 Å². The van der Waals surface area contributed by atoms with Crippen LogP contribution in [0, 0.1) is 5.92 Å². The van der Waals surface area contributed by atoms with Crippen LogP contribution < -0.4 is 10.6 Å². The maximum atomic E-state index is 12.4. The first-order chi connectivity index (χ1) is 9.22. The molecule has 19 heavy (non-hydrogen) atoms. The maximum absolute atomic E-state index is 12.4. The number of hydrogen-bond donors (Lipinski definition) is 2. The van der Waals surface area contributed by atoms with Gasteiger partial charge in [-0.3, -0.25) is 4.79 Å². The zero-order chi connectivity index (χ0) is 13.7. The summed E-state index contributed by atoms with van der Waals surface area (Å²) in [5.74, 6) is 0.308. The van der Waals surface area contributed by atoms with Crippen LogP contribution in [-0.2, 0) is 4.79 Å². The Balaban J connectivity index is 2.02. The lowest BCUT2D eigenvalue weighted by molar-refractivity contribution is -0.125. The van der Waals surface area contributed by atoms with E-state index in [9.17, 15) is 4.79 Å². The van der Waals surface area contributed by atoms with Gasteiger partial charge in [0.2, 0.25) is 5.91 Å². The van der Waals surface area contributed by atoms with E-state index >= 15 is 0 Å². The molecule has 1 fully saturated rings. The molecule has 1 aliphatic heterocycles. The van der Waals surface area contributed by atoms with Gasteiger partial charge in [0.15, 0.2) is 0 Å². The third-order valence-corrected chi connectivity index (χ3v) is 3.96. The lowest BCUT2D eigenvalue weighted by atomic mass is 9.98. The molecule has 0 aromatic heterocycles. The average Bonchev–Trinajstić information content (AvgIpc) is 2.85. The van der Waals surface area contributed by atoms with E-state index in [4.69, 9.17) is 0 Å². The third-order valence-electron chi connectivity index (χ3n) is 3.96. The van der Waals surface area contributed by atoms with E-state index in [1.807, 2.05) is 18.2 Å². The highest BCUT2D eigenvalue weighted by Gasteiger charge is 2.30. The Morgan fingerprint density at radius 1 is 1.42 bits per heavy atom. The third kappa shape index (κ3) is 3.57. The van der Waals surface area contributed by atoms with Crippen LogP contribution >= 0.6 is 0 Å². The second-order valence-electron chi connectivity index (χ2n) is 5.40. The fraction of sp³-hybridized carbons (Fsp3) is 0.562. The number of hydrogen-bond acceptors (Lipinski definition) is 2. The zero-order valence-corrected chi connectivity index (χ0v) is 11.9. The monoisotopic (exact) mass is 260 g/mol. The Morgan fingerprint density at radius 2 is 2.16 bits per heavy atom. The summed E-state index contributed by atoms with van der Waals surface area (Å²) in [6.45, 7) is 5.19. The SMILES string of the molecule is CCCC(NC(=O)C1CCNC1C)c1ccccc1. The lowest BCUT2D eigenvalue weighted by Crippen LogP contribution is -2.38. The van der Waals surface area contributed by atoms with E-state index < -0.39 is 0 Å². The molecule has 3 unspecified atom stereocenters. The number of benzene rings is 1. The number of carbonyl (C=O) groups is 1. The van der Waals surface area contributed by atoms with Gasteiger partial charge in [0.05, 0.1) is 12.0 Å². The number of rotatable bonds is 5. The second kappa shape index (κ2) is 6.71. The van der Waals surface area contributed by atoms with E-state index in [0.29, 0.717) is 0 Å². The molecular formula is C16H24N2O. The van der Waals surface area contributed by atoms with Gasteiger partial charge in [0.25, 0.3) is 0 Å². The van der Waals surface area contributed by atoms with Gasteiger partial charge in [-0.1, -0.05) is 43.7 Å². The molecule has 0 bridgehead atoms. The molecular weight excluding hydrogens is 236 g/mol. The van der Waals surface area contributed by atoms with Gasteiger partial charge in [-0.25, -0.2) is 0 Å². The summed E-state index contributed by atoms with van der Waals surface area (Å²) in [5.41, 5.74) is 1.20. The van der Waals surface area contributed by atoms with Crippen molar-refractivity contribution < 1.29 is 4.79 Å². The highest BCUT2D eigenvalue weighted by molar-refractivity contribution is 5.80. The van der Waals surface area contributed by atoms with Gasteiger partial charge < -0.3 is 10.6 Å². The summed E-state index contributed by atoms with van der Waals surface area (Å²) in [5, 5.41) is 6.56. The summed E-state index contributed by atoms with van der Waals surface area (Å²) in [4.78, 5) is 12.4. The van der Waals surface area contributed by atoms with Crippen molar-refractivity contribution in [1.29, 1.82) is 0 Å².